The largest absolute Gasteiger partial charge is 0.544 e. The maximum atomic E-state index is 13.0. The first-order valence-electron chi connectivity index (χ1n) is 8.97. The molecular weight excluding hydrogens is 449 g/mol. The number of alkyl halides is 3. The zero-order valence-electron chi connectivity index (χ0n) is 16.0. The van der Waals surface area contributed by atoms with E-state index in [1.807, 2.05) is 25.1 Å². The van der Waals surface area contributed by atoms with Crippen molar-refractivity contribution < 1.29 is 26.4 Å². The van der Waals surface area contributed by atoms with Crippen molar-refractivity contribution >= 4 is 37.3 Å². The molecule has 10 heteroatoms. The van der Waals surface area contributed by atoms with Gasteiger partial charge in [-0.2, -0.15) is 13.3 Å². The zero-order valence-corrected chi connectivity index (χ0v) is 17.6. The van der Waals surface area contributed by atoms with Gasteiger partial charge in [0.25, 0.3) is 10.0 Å². The molecule has 0 aliphatic heterocycles. The van der Waals surface area contributed by atoms with Gasteiger partial charge in [0.15, 0.2) is 0 Å². The third-order valence-corrected chi connectivity index (χ3v) is 6.97. The summed E-state index contributed by atoms with van der Waals surface area (Å²) in [5.41, 5.74) is 2.25. The number of rotatable bonds is 5. The molecule has 0 saturated carbocycles. The minimum absolute atomic E-state index is 0.117. The second kappa shape index (κ2) is 7.95. The standard InChI is InChI=1S/C21H15F3N2O3S2/c1-14-7-12-18-19(13-14)30-20(25-18)15-8-10-16(11-9-15)26(29-21(22,23)24)31(27,28)17-5-3-2-4-6-17/h2-13H,1H3. The second-order valence-electron chi connectivity index (χ2n) is 6.62. The van der Waals surface area contributed by atoms with Gasteiger partial charge >= 0.3 is 6.36 Å². The number of hydrogen-bond donors (Lipinski definition) is 0. The fraction of sp³-hybridized carbons (Fsp3) is 0.0952. The predicted molar refractivity (Wildman–Crippen MR) is 113 cm³/mol. The SMILES string of the molecule is Cc1ccc2nc(-c3ccc(N(OC(F)(F)F)S(=O)(=O)c4ccccc4)cc3)sc2c1. The van der Waals surface area contributed by atoms with Gasteiger partial charge in [0.2, 0.25) is 0 Å². The first-order valence-corrected chi connectivity index (χ1v) is 11.2. The van der Waals surface area contributed by atoms with Crippen LogP contribution in [-0.2, 0) is 14.9 Å². The Labute approximate surface area is 180 Å². The molecule has 0 radical (unpaired) electrons. The smallest absolute Gasteiger partial charge is 0.236 e. The van der Waals surface area contributed by atoms with Crippen molar-refractivity contribution in [1.82, 2.24) is 4.98 Å². The lowest BCUT2D eigenvalue weighted by Crippen LogP contribution is -2.36. The van der Waals surface area contributed by atoms with Crippen LogP contribution in [0, 0.1) is 6.92 Å². The van der Waals surface area contributed by atoms with Crippen molar-refractivity contribution in [3.05, 3.63) is 78.4 Å². The lowest BCUT2D eigenvalue weighted by atomic mass is 10.2. The molecule has 0 bridgehead atoms. The molecule has 0 aliphatic rings. The Kier molecular flexibility index (Phi) is 5.46. The number of fused-ring (bicyclic) bond motifs is 1. The Hall–Kier alpha value is -2.95. The van der Waals surface area contributed by atoms with E-state index in [1.165, 1.54) is 59.9 Å². The number of hydrogen-bond acceptors (Lipinski definition) is 5. The molecule has 0 N–H and O–H groups in total. The highest BCUT2D eigenvalue weighted by atomic mass is 32.2. The Balaban J connectivity index is 1.72. The molecular formula is C21H15F3N2O3S2. The minimum Gasteiger partial charge on any atom is -0.236 e. The van der Waals surface area contributed by atoms with Crippen LogP contribution >= 0.6 is 11.3 Å². The summed E-state index contributed by atoms with van der Waals surface area (Å²) in [6.45, 7) is 1.97. The van der Waals surface area contributed by atoms with Crippen molar-refractivity contribution in [2.24, 2.45) is 0 Å². The third kappa shape index (κ3) is 4.55. The summed E-state index contributed by atoms with van der Waals surface area (Å²) in [6, 6.07) is 18.1. The van der Waals surface area contributed by atoms with Crippen molar-refractivity contribution in [3.8, 4) is 10.6 Å². The van der Waals surface area contributed by atoms with E-state index in [0.29, 0.717) is 10.6 Å². The zero-order chi connectivity index (χ0) is 22.2. The summed E-state index contributed by atoms with van der Waals surface area (Å²) < 4.78 is 65.5. The molecule has 5 nitrogen and oxygen atoms in total. The van der Waals surface area contributed by atoms with Gasteiger partial charge in [-0.1, -0.05) is 24.3 Å². The van der Waals surface area contributed by atoms with Crippen molar-refractivity contribution in [2.75, 3.05) is 4.47 Å². The molecule has 0 atom stereocenters. The van der Waals surface area contributed by atoms with Crippen LogP contribution in [0.5, 0.6) is 0 Å². The van der Waals surface area contributed by atoms with E-state index in [4.69, 9.17) is 0 Å². The van der Waals surface area contributed by atoms with E-state index in [1.54, 1.807) is 6.07 Å². The second-order valence-corrected chi connectivity index (χ2v) is 9.40. The highest BCUT2D eigenvalue weighted by Crippen LogP contribution is 2.34. The molecule has 0 aliphatic carbocycles. The molecule has 3 aromatic carbocycles. The number of aromatic nitrogens is 1. The molecule has 160 valence electrons. The Morgan fingerprint density at radius 1 is 0.968 bits per heavy atom. The van der Waals surface area contributed by atoms with E-state index >= 15 is 0 Å². The quantitative estimate of drug-likeness (QED) is 0.344. The first-order chi connectivity index (χ1) is 14.6. The predicted octanol–water partition coefficient (Wildman–Crippen LogP) is 5.92. The first kappa shape index (κ1) is 21.3. The molecule has 0 fully saturated rings. The molecule has 0 saturated heterocycles. The summed E-state index contributed by atoms with van der Waals surface area (Å²) in [6.07, 6.45) is -5.20. The van der Waals surface area contributed by atoms with Crippen LogP contribution in [0.4, 0.5) is 18.9 Å². The molecule has 0 amide bonds. The van der Waals surface area contributed by atoms with Crippen molar-refractivity contribution in [1.29, 1.82) is 0 Å². The van der Waals surface area contributed by atoms with E-state index in [2.05, 4.69) is 9.82 Å². The number of thiazole rings is 1. The van der Waals surface area contributed by atoms with Crippen LogP contribution in [0.2, 0.25) is 0 Å². The van der Waals surface area contributed by atoms with E-state index in [0.717, 1.165) is 15.8 Å². The summed E-state index contributed by atoms with van der Waals surface area (Å²) in [5, 5.41) is 0.668. The summed E-state index contributed by atoms with van der Waals surface area (Å²) in [4.78, 5) is 8.08. The van der Waals surface area contributed by atoms with E-state index in [-0.39, 0.29) is 15.1 Å². The molecule has 4 aromatic rings. The van der Waals surface area contributed by atoms with E-state index < -0.39 is 16.4 Å². The molecule has 4 rings (SSSR count). The van der Waals surface area contributed by atoms with Gasteiger partial charge in [-0.25, -0.2) is 4.98 Å². The van der Waals surface area contributed by atoms with Gasteiger partial charge in [-0.3, -0.25) is 0 Å². The number of halogens is 3. The number of nitrogens with zero attached hydrogens (tertiary/aromatic N) is 2. The maximum absolute atomic E-state index is 13.0. The third-order valence-electron chi connectivity index (χ3n) is 4.31. The van der Waals surface area contributed by atoms with Gasteiger partial charge in [0.1, 0.15) is 5.01 Å². The van der Waals surface area contributed by atoms with Crippen LogP contribution in [0.25, 0.3) is 20.8 Å². The van der Waals surface area contributed by atoms with Crippen molar-refractivity contribution in [3.63, 3.8) is 0 Å². The molecule has 0 unspecified atom stereocenters. The molecule has 31 heavy (non-hydrogen) atoms. The lowest BCUT2D eigenvalue weighted by molar-refractivity contribution is -0.322. The monoisotopic (exact) mass is 464 g/mol. The Morgan fingerprint density at radius 3 is 2.29 bits per heavy atom. The van der Waals surface area contributed by atoms with Gasteiger partial charge in [0, 0.05) is 5.56 Å². The maximum Gasteiger partial charge on any atom is 0.544 e. The molecule has 0 spiro atoms. The molecule has 1 aromatic heterocycles. The number of anilines is 1. The van der Waals surface area contributed by atoms with Crippen LogP contribution < -0.4 is 4.47 Å². The Morgan fingerprint density at radius 2 is 1.65 bits per heavy atom. The van der Waals surface area contributed by atoms with Crippen LogP contribution in [0.1, 0.15) is 5.56 Å². The molecule has 1 heterocycles. The number of sulfonamides is 1. The van der Waals surface area contributed by atoms with E-state index in [9.17, 15) is 21.6 Å². The van der Waals surface area contributed by atoms with Gasteiger partial charge in [-0.05, 0) is 61.0 Å². The number of aryl methyl sites for hydroxylation is 1. The van der Waals surface area contributed by atoms with Gasteiger partial charge in [-0.15, -0.1) is 29.0 Å². The van der Waals surface area contributed by atoms with Gasteiger partial charge in [0.05, 0.1) is 20.8 Å². The topological polar surface area (TPSA) is 59.5 Å². The summed E-state index contributed by atoms with van der Waals surface area (Å²) >= 11 is 1.44. The lowest BCUT2D eigenvalue weighted by Gasteiger charge is -2.24. The highest BCUT2D eigenvalue weighted by Gasteiger charge is 2.39. The van der Waals surface area contributed by atoms with Crippen molar-refractivity contribution in [2.45, 2.75) is 18.2 Å². The fourth-order valence-electron chi connectivity index (χ4n) is 2.90. The average molecular weight is 464 g/mol. The highest BCUT2D eigenvalue weighted by molar-refractivity contribution is 7.92. The summed E-state index contributed by atoms with van der Waals surface area (Å²) in [7, 11) is -4.61. The van der Waals surface area contributed by atoms with Crippen LogP contribution in [0.3, 0.4) is 0 Å². The van der Waals surface area contributed by atoms with Crippen LogP contribution in [0.15, 0.2) is 77.7 Å². The normalized spacial score (nSPS) is 12.3. The number of benzene rings is 3. The van der Waals surface area contributed by atoms with Crippen LogP contribution in [-0.4, -0.2) is 19.8 Å². The van der Waals surface area contributed by atoms with Gasteiger partial charge < -0.3 is 0 Å². The fourth-order valence-corrected chi connectivity index (χ4v) is 5.25. The summed E-state index contributed by atoms with van der Waals surface area (Å²) in [5.74, 6) is 0. The Bertz CT molecular complexity index is 1320. The minimum atomic E-state index is -5.20. The average Bonchev–Trinajstić information content (AvgIpc) is 3.15.